The second kappa shape index (κ2) is 6.21. The van der Waals surface area contributed by atoms with Gasteiger partial charge >= 0.3 is 6.03 Å². The summed E-state index contributed by atoms with van der Waals surface area (Å²) >= 11 is 3.32. The zero-order valence-electron chi connectivity index (χ0n) is 10.4. The van der Waals surface area contributed by atoms with E-state index in [1.807, 2.05) is 12.1 Å². The van der Waals surface area contributed by atoms with Crippen LogP contribution in [0.3, 0.4) is 0 Å². The minimum absolute atomic E-state index is 0.366. The molecule has 102 valence electrons. The molecule has 0 aliphatic heterocycles. The molecule has 0 aliphatic rings. The van der Waals surface area contributed by atoms with Crippen molar-refractivity contribution in [3.05, 3.63) is 58.6 Å². The summed E-state index contributed by atoms with van der Waals surface area (Å²) in [6.07, 6.45) is 0. The molecule has 0 saturated carbocycles. The van der Waals surface area contributed by atoms with Crippen molar-refractivity contribution in [2.45, 2.75) is 0 Å². The number of amides is 3. The van der Waals surface area contributed by atoms with Crippen LogP contribution in [-0.2, 0) is 0 Å². The topological polar surface area (TPSA) is 84.2 Å². The average molecular weight is 334 g/mol. The van der Waals surface area contributed by atoms with Gasteiger partial charge in [0.2, 0.25) is 5.91 Å². The number of primary amides is 1. The van der Waals surface area contributed by atoms with E-state index in [1.54, 1.807) is 36.4 Å². The van der Waals surface area contributed by atoms with E-state index in [2.05, 4.69) is 26.6 Å². The fraction of sp³-hybridized carbons (Fsp3) is 0. The number of halogens is 1. The molecule has 2 aromatic carbocycles. The van der Waals surface area contributed by atoms with E-state index < -0.39 is 5.91 Å². The largest absolute Gasteiger partial charge is 0.366 e. The van der Waals surface area contributed by atoms with Crippen LogP contribution in [0.2, 0.25) is 0 Å². The van der Waals surface area contributed by atoms with E-state index in [-0.39, 0.29) is 6.03 Å². The molecule has 0 radical (unpaired) electrons. The molecular weight excluding hydrogens is 322 g/mol. The smallest absolute Gasteiger partial charge is 0.323 e. The maximum atomic E-state index is 11.8. The van der Waals surface area contributed by atoms with Crippen LogP contribution < -0.4 is 16.4 Å². The highest BCUT2D eigenvalue weighted by atomic mass is 79.9. The molecule has 0 bridgehead atoms. The van der Waals surface area contributed by atoms with Crippen molar-refractivity contribution in [3.63, 3.8) is 0 Å². The van der Waals surface area contributed by atoms with Crippen LogP contribution in [0.15, 0.2) is 53.0 Å². The van der Waals surface area contributed by atoms with Crippen LogP contribution in [0.1, 0.15) is 10.4 Å². The van der Waals surface area contributed by atoms with Gasteiger partial charge < -0.3 is 16.4 Å². The first-order chi connectivity index (χ1) is 9.54. The van der Waals surface area contributed by atoms with Gasteiger partial charge in [0.05, 0.1) is 0 Å². The third kappa shape index (κ3) is 3.83. The molecule has 0 heterocycles. The number of hydrogen-bond acceptors (Lipinski definition) is 2. The third-order valence-corrected chi connectivity index (χ3v) is 3.00. The lowest BCUT2D eigenvalue weighted by Gasteiger charge is -2.08. The molecule has 0 spiro atoms. The predicted octanol–water partition coefficient (Wildman–Crippen LogP) is 3.19. The van der Waals surface area contributed by atoms with Crippen LogP contribution >= 0.6 is 15.9 Å². The number of benzene rings is 2. The average Bonchev–Trinajstić information content (AvgIpc) is 2.39. The predicted molar refractivity (Wildman–Crippen MR) is 81.7 cm³/mol. The molecule has 2 rings (SSSR count). The standard InChI is InChI=1S/C14H12BrN3O2/c15-10-2-1-3-12(8-10)18-14(20)17-11-6-4-9(5-7-11)13(16)19/h1-8H,(H2,16,19)(H2,17,18,20). The highest BCUT2D eigenvalue weighted by molar-refractivity contribution is 9.10. The van der Waals surface area contributed by atoms with Gasteiger partial charge in [0.15, 0.2) is 0 Å². The number of nitrogens with one attached hydrogen (secondary N) is 2. The van der Waals surface area contributed by atoms with Crippen LogP contribution in [0, 0.1) is 0 Å². The Morgan fingerprint density at radius 3 is 2.20 bits per heavy atom. The van der Waals surface area contributed by atoms with Crippen molar-refractivity contribution >= 4 is 39.2 Å². The van der Waals surface area contributed by atoms with Gasteiger partial charge in [0, 0.05) is 21.4 Å². The van der Waals surface area contributed by atoms with E-state index >= 15 is 0 Å². The van der Waals surface area contributed by atoms with Gasteiger partial charge in [0.1, 0.15) is 0 Å². The van der Waals surface area contributed by atoms with E-state index in [0.717, 1.165) is 4.47 Å². The maximum absolute atomic E-state index is 11.8. The molecule has 0 aromatic heterocycles. The van der Waals surface area contributed by atoms with Crippen molar-refractivity contribution in [2.24, 2.45) is 5.73 Å². The van der Waals surface area contributed by atoms with Gasteiger partial charge in [-0.2, -0.15) is 0 Å². The first-order valence-corrected chi connectivity index (χ1v) is 6.57. The molecular formula is C14H12BrN3O2. The highest BCUT2D eigenvalue weighted by Gasteiger charge is 2.04. The monoisotopic (exact) mass is 333 g/mol. The lowest BCUT2D eigenvalue weighted by Crippen LogP contribution is -2.19. The Morgan fingerprint density at radius 1 is 0.950 bits per heavy atom. The summed E-state index contributed by atoms with van der Waals surface area (Å²) in [5.41, 5.74) is 6.77. The summed E-state index contributed by atoms with van der Waals surface area (Å²) < 4.78 is 0.876. The molecule has 4 N–H and O–H groups in total. The van der Waals surface area contributed by atoms with Gasteiger partial charge in [-0.3, -0.25) is 4.79 Å². The third-order valence-electron chi connectivity index (χ3n) is 2.51. The summed E-state index contributed by atoms with van der Waals surface area (Å²) in [6.45, 7) is 0. The van der Waals surface area contributed by atoms with E-state index in [9.17, 15) is 9.59 Å². The van der Waals surface area contributed by atoms with Crippen LogP contribution in [0.4, 0.5) is 16.2 Å². The number of carbonyl (C=O) groups excluding carboxylic acids is 2. The summed E-state index contributed by atoms with van der Waals surface area (Å²) in [6, 6.07) is 13.2. The Hall–Kier alpha value is -2.34. The fourth-order valence-electron chi connectivity index (χ4n) is 1.58. The lowest BCUT2D eigenvalue weighted by atomic mass is 10.2. The molecule has 0 fully saturated rings. The van der Waals surface area contributed by atoms with E-state index in [1.165, 1.54) is 0 Å². The Kier molecular flexibility index (Phi) is 4.37. The Labute approximate surface area is 124 Å². The van der Waals surface area contributed by atoms with Gasteiger partial charge in [0.25, 0.3) is 0 Å². The Balaban J connectivity index is 1.99. The van der Waals surface area contributed by atoms with Crippen LogP contribution in [0.25, 0.3) is 0 Å². The molecule has 3 amide bonds. The van der Waals surface area contributed by atoms with Gasteiger partial charge in [-0.15, -0.1) is 0 Å². The molecule has 0 unspecified atom stereocenters. The minimum Gasteiger partial charge on any atom is -0.366 e. The van der Waals surface area contributed by atoms with Gasteiger partial charge in [-0.25, -0.2) is 4.79 Å². The SMILES string of the molecule is NC(=O)c1ccc(NC(=O)Nc2cccc(Br)c2)cc1. The second-order valence-electron chi connectivity index (χ2n) is 4.03. The Bertz CT molecular complexity index is 641. The number of nitrogens with two attached hydrogens (primary N) is 1. The molecule has 0 atom stereocenters. The molecule has 5 nitrogen and oxygen atoms in total. The number of hydrogen-bond donors (Lipinski definition) is 3. The number of carbonyl (C=O) groups is 2. The summed E-state index contributed by atoms with van der Waals surface area (Å²) in [5.74, 6) is -0.505. The Morgan fingerprint density at radius 2 is 1.60 bits per heavy atom. The lowest BCUT2D eigenvalue weighted by molar-refractivity contribution is 0.100. The number of rotatable bonds is 3. The minimum atomic E-state index is -0.505. The van der Waals surface area contributed by atoms with Gasteiger partial charge in [-0.1, -0.05) is 22.0 Å². The molecule has 0 aliphatic carbocycles. The zero-order chi connectivity index (χ0) is 14.5. The fourth-order valence-corrected chi connectivity index (χ4v) is 1.98. The van der Waals surface area contributed by atoms with Crippen molar-refractivity contribution in [1.82, 2.24) is 0 Å². The molecule has 6 heteroatoms. The van der Waals surface area contributed by atoms with Crippen molar-refractivity contribution in [2.75, 3.05) is 10.6 Å². The van der Waals surface area contributed by atoms with E-state index in [4.69, 9.17) is 5.73 Å². The zero-order valence-corrected chi connectivity index (χ0v) is 12.0. The maximum Gasteiger partial charge on any atom is 0.323 e. The van der Waals surface area contributed by atoms with Crippen LogP contribution in [0.5, 0.6) is 0 Å². The first-order valence-electron chi connectivity index (χ1n) is 5.78. The first kappa shape index (κ1) is 14.1. The van der Waals surface area contributed by atoms with Crippen LogP contribution in [-0.4, -0.2) is 11.9 Å². The molecule has 20 heavy (non-hydrogen) atoms. The normalized spacial score (nSPS) is 9.85. The second-order valence-corrected chi connectivity index (χ2v) is 4.95. The quantitative estimate of drug-likeness (QED) is 0.805. The van der Waals surface area contributed by atoms with Crippen molar-refractivity contribution < 1.29 is 9.59 Å². The van der Waals surface area contributed by atoms with Crippen molar-refractivity contribution in [3.8, 4) is 0 Å². The number of urea groups is 1. The highest BCUT2D eigenvalue weighted by Crippen LogP contribution is 2.16. The summed E-state index contributed by atoms with van der Waals surface area (Å²) in [5, 5.41) is 5.36. The summed E-state index contributed by atoms with van der Waals surface area (Å²) in [4.78, 5) is 22.7. The molecule has 2 aromatic rings. The molecule has 0 saturated heterocycles. The van der Waals surface area contributed by atoms with Gasteiger partial charge in [-0.05, 0) is 42.5 Å². The van der Waals surface area contributed by atoms with E-state index in [0.29, 0.717) is 16.9 Å². The summed E-state index contributed by atoms with van der Waals surface area (Å²) in [7, 11) is 0. The number of anilines is 2. The van der Waals surface area contributed by atoms with Crippen molar-refractivity contribution in [1.29, 1.82) is 0 Å².